The number of piperidine rings is 1. The monoisotopic (exact) mass is 606 g/mol. The molecule has 3 aromatic rings. The first-order valence-electron chi connectivity index (χ1n) is 11.5. The summed E-state index contributed by atoms with van der Waals surface area (Å²) < 4.78 is 10.6. The van der Waals surface area contributed by atoms with E-state index in [4.69, 9.17) is 21.1 Å². The summed E-state index contributed by atoms with van der Waals surface area (Å²) in [6.07, 6.45) is 2.62. The topological polar surface area (TPSA) is 122 Å². The Morgan fingerprint density at radius 3 is 2.82 bits per heavy atom. The van der Waals surface area contributed by atoms with Crippen LogP contribution in [0.4, 0.5) is 5.82 Å². The first kappa shape index (κ1) is 32.0. The van der Waals surface area contributed by atoms with Gasteiger partial charge < -0.3 is 30.1 Å². The van der Waals surface area contributed by atoms with Crippen LogP contribution in [0.25, 0.3) is 11.0 Å². The number of halogens is 4. The van der Waals surface area contributed by atoms with Crippen molar-refractivity contribution in [2.24, 2.45) is 0 Å². The van der Waals surface area contributed by atoms with Gasteiger partial charge in [0.25, 0.3) is 5.91 Å². The zero-order chi connectivity index (χ0) is 24.4. The molecule has 2 aliphatic heterocycles. The van der Waals surface area contributed by atoms with Gasteiger partial charge in [-0.15, -0.1) is 37.2 Å². The molecule has 5 rings (SSSR count). The third kappa shape index (κ3) is 7.26. The molecule has 3 N–H and O–H groups in total. The van der Waals surface area contributed by atoms with Crippen molar-refractivity contribution < 1.29 is 19.4 Å². The third-order valence-corrected chi connectivity index (χ3v) is 6.70. The van der Waals surface area contributed by atoms with Crippen LogP contribution in [0.1, 0.15) is 17.7 Å². The fraction of sp³-hybridized carbons (Fsp3) is 0.417. The van der Waals surface area contributed by atoms with Gasteiger partial charge in [0.1, 0.15) is 0 Å². The fourth-order valence-corrected chi connectivity index (χ4v) is 4.71. The van der Waals surface area contributed by atoms with E-state index in [0.29, 0.717) is 42.0 Å². The number of carbonyl (C=O) groups excluding carboxylic acids is 1. The second kappa shape index (κ2) is 14.3. The van der Waals surface area contributed by atoms with E-state index in [0.717, 1.165) is 41.8 Å². The minimum Gasteiger partial charge on any atom is -0.481 e. The number of methoxy groups -OCH3 is 1. The predicted octanol–water partition coefficient (Wildman–Crippen LogP) is 3.05. The Labute approximate surface area is 244 Å². The number of ether oxygens (including phenoxy) is 2. The van der Waals surface area contributed by atoms with E-state index in [-0.39, 0.29) is 55.8 Å². The molecule has 0 saturated carbocycles. The number of aliphatic hydroxyl groups excluding tert-OH is 1. The third-order valence-electron chi connectivity index (χ3n) is 6.37. The summed E-state index contributed by atoms with van der Waals surface area (Å²) in [6, 6.07) is 7.27. The molecule has 2 aliphatic rings. The average molecular weight is 608 g/mol. The molecule has 0 radical (unpaired) electrons. The molecule has 1 saturated heterocycles. The molecule has 3 aromatic heterocycles. The van der Waals surface area contributed by atoms with E-state index in [1.807, 2.05) is 12.1 Å². The van der Waals surface area contributed by atoms with E-state index in [1.165, 1.54) is 0 Å². The number of amides is 1. The van der Waals surface area contributed by atoms with Gasteiger partial charge in [-0.3, -0.25) is 9.78 Å². The van der Waals surface area contributed by atoms with E-state index >= 15 is 0 Å². The van der Waals surface area contributed by atoms with E-state index in [1.54, 1.807) is 25.4 Å². The maximum absolute atomic E-state index is 11.5. The Balaban J connectivity index is 0.00000169. The minimum absolute atomic E-state index is 0. The normalized spacial score (nSPS) is 18.7. The first-order valence-corrected chi connectivity index (χ1v) is 11.9. The Kier molecular flexibility index (Phi) is 12.0. The average Bonchev–Trinajstić information content (AvgIpc) is 2.87. The maximum Gasteiger partial charge on any atom is 0.263 e. The number of likely N-dealkylation sites (tertiary alicyclic amines) is 1. The van der Waals surface area contributed by atoms with Crippen molar-refractivity contribution in [2.75, 3.05) is 38.7 Å². The Bertz CT molecular complexity index is 1250. The molecule has 0 spiro atoms. The highest BCUT2D eigenvalue weighted by molar-refractivity contribution is 6.32. The molecule has 5 heterocycles. The summed E-state index contributed by atoms with van der Waals surface area (Å²) >= 11 is 6.46. The lowest BCUT2D eigenvalue weighted by molar-refractivity contribution is -0.118. The molecule has 0 bridgehead atoms. The van der Waals surface area contributed by atoms with Crippen molar-refractivity contribution in [3.63, 3.8) is 0 Å². The second-order valence-corrected chi connectivity index (χ2v) is 9.09. The summed E-state index contributed by atoms with van der Waals surface area (Å²) in [5, 5.41) is 17.5. The van der Waals surface area contributed by atoms with Gasteiger partial charge in [-0.25, -0.2) is 9.97 Å². The van der Waals surface area contributed by atoms with Gasteiger partial charge in [0.15, 0.2) is 18.2 Å². The molecular formula is C24H30Cl4N6O4. The summed E-state index contributed by atoms with van der Waals surface area (Å²) in [6.45, 7) is 2.63. The zero-order valence-corrected chi connectivity index (χ0v) is 23.8. The molecule has 2 atom stereocenters. The standard InChI is InChI=1S/C24H27ClN6O4.3ClH/c1-34-22-5-3-18-23(30-22)15(16(25)11-27-18)6-8-31-9-7-17(19(32)12-31)26-10-14-2-4-20-24(28-14)29-21(33)13-35-20;;;/h2-5,11,17,19,26,32H,6-10,12-13H2,1H3,(H,28,29,33);3*1H/t17-,19-;;;/m1.../s1. The largest absolute Gasteiger partial charge is 0.481 e. The van der Waals surface area contributed by atoms with Crippen LogP contribution in [0.2, 0.25) is 5.02 Å². The van der Waals surface area contributed by atoms with E-state index < -0.39 is 6.10 Å². The zero-order valence-electron chi connectivity index (χ0n) is 20.6. The van der Waals surface area contributed by atoms with E-state index in [9.17, 15) is 9.90 Å². The number of rotatable bonds is 7. The SMILES string of the molecule is COc1ccc2ncc(Cl)c(CCN3CC[C@@H](NCc4ccc5c(n4)NC(=O)CO5)[C@H](O)C3)c2n1.Cl.Cl.Cl. The van der Waals surface area contributed by atoms with Gasteiger partial charge in [-0.1, -0.05) is 11.6 Å². The van der Waals surface area contributed by atoms with Gasteiger partial charge in [-0.05, 0) is 37.6 Å². The number of carbonyl (C=O) groups is 1. The van der Waals surface area contributed by atoms with Crippen molar-refractivity contribution >= 4 is 71.6 Å². The summed E-state index contributed by atoms with van der Waals surface area (Å²) in [5.41, 5.74) is 3.22. The summed E-state index contributed by atoms with van der Waals surface area (Å²) in [7, 11) is 1.58. The molecule has 0 aliphatic carbocycles. The highest BCUT2D eigenvalue weighted by Gasteiger charge is 2.28. The smallest absolute Gasteiger partial charge is 0.263 e. The van der Waals surface area contributed by atoms with Crippen molar-refractivity contribution in [2.45, 2.75) is 31.5 Å². The van der Waals surface area contributed by atoms with Crippen molar-refractivity contribution in [1.29, 1.82) is 0 Å². The Morgan fingerprint density at radius 1 is 1.24 bits per heavy atom. The molecular weight excluding hydrogens is 578 g/mol. The molecule has 208 valence electrons. The van der Waals surface area contributed by atoms with Crippen LogP contribution in [0, 0.1) is 0 Å². The number of anilines is 1. The van der Waals surface area contributed by atoms with Crippen LogP contribution >= 0.6 is 48.8 Å². The molecule has 1 fully saturated rings. The summed E-state index contributed by atoms with van der Waals surface area (Å²) in [4.78, 5) is 27.1. The van der Waals surface area contributed by atoms with Crippen molar-refractivity contribution in [3.05, 3.63) is 46.7 Å². The molecule has 0 unspecified atom stereocenters. The first-order chi connectivity index (χ1) is 17.0. The molecule has 14 heteroatoms. The van der Waals surface area contributed by atoms with Gasteiger partial charge in [0, 0.05) is 43.5 Å². The maximum atomic E-state index is 11.5. The van der Waals surface area contributed by atoms with Crippen LogP contribution in [-0.4, -0.2) is 76.4 Å². The minimum atomic E-state index is -0.521. The van der Waals surface area contributed by atoms with Crippen LogP contribution < -0.4 is 20.1 Å². The van der Waals surface area contributed by atoms with Gasteiger partial charge in [-0.2, -0.15) is 0 Å². The van der Waals surface area contributed by atoms with Crippen LogP contribution in [-0.2, 0) is 17.8 Å². The number of hydrogen-bond donors (Lipinski definition) is 3. The predicted molar refractivity (Wildman–Crippen MR) is 153 cm³/mol. The molecule has 10 nitrogen and oxygen atoms in total. The van der Waals surface area contributed by atoms with Gasteiger partial charge in [0.2, 0.25) is 5.88 Å². The Hall–Kier alpha value is -2.18. The number of aromatic nitrogens is 3. The quantitative estimate of drug-likeness (QED) is 0.372. The lowest BCUT2D eigenvalue weighted by atomic mass is 10.0. The number of fused-ring (bicyclic) bond motifs is 2. The number of nitrogens with one attached hydrogen (secondary N) is 2. The summed E-state index contributed by atoms with van der Waals surface area (Å²) in [5.74, 6) is 1.31. The molecule has 0 aromatic carbocycles. The van der Waals surface area contributed by atoms with Crippen LogP contribution in [0.3, 0.4) is 0 Å². The lowest BCUT2D eigenvalue weighted by Gasteiger charge is -2.36. The number of β-amino-alcohol motifs (C(OH)–C–C–N with tert-alkyl or cyclic N) is 1. The highest BCUT2D eigenvalue weighted by Crippen LogP contribution is 2.27. The molecule has 1 amide bonds. The molecule has 38 heavy (non-hydrogen) atoms. The van der Waals surface area contributed by atoms with E-state index in [2.05, 4.69) is 30.5 Å². The van der Waals surface area contributed by atoms with Crippen LogP contribution in [0.15, 0.2) is 30.5 Å². The highest BCUT2D eigenvalue weighted by atomic mass is 35.5. The van der Waals surface area contributed by atoms with Gasteiger partial charge in [0.05, 0.1) is 35.0 Å². The van der Waals surface area contributed by atoms with Crippen molar-refractivity contribution in [1.82, 2.24) is 25.2 Å². The fourth-order valence-electron chi connectivity index (χ4n) is 4.48. The van der Waals surface area contributed by atoms with Gasteiger partial charge >= 0.3 is 0 Å². The number of aliphatic hydroxyl groups is 1. The van der Waals surface area contributed by atoms with Crippen LogP contribution in [0.5, 0.6) is 11.6 Å². The van der Waals surface area contributed by atoms with Crippen molar-refractivity contribution in [3.8, 4) is 11.6 Å². The lowest BCUT2D eigenvalue weighted by Crippen LogP contribution is -2.52. The second-order valence-electron chi connectivity index (χ2n) is 8.69. The number of pyridine rings is 3. The number of nitrogens with zero attached hydrogens (tertiary/aromatic N) is 4. The Morgan fingerprint density at radius 2 is 2.05 bits per heavy atom. The number of hydrogen-bond acceptors (Lipinski definition) is 9.